The number of benzene rings is 2. The SMILES string of the molecule is COc1ccc2c(c1)CC[C@H]1N=C(NC(=O)CN3CCC(n4c(=O)[nH]c5ccccc54)CC3)C[C@@H]21. The van der Waals surface area contributed by atoms with Crippen LogP contribution in [0.3, 0.4) is 0 Å². The molecule has 8 heteroatoms. The van der Waals surface area contributed by atoms with Gasteiger partial charge in [0.25, 0.3) is 0 Å². The van der Waals surface area contributed by atoms with Gasteiger partial charge in [-0.05, 0) is 61.1 Å². The fourth-order valence-corrected chi connectivity index (χ4v) is 6.12. The summed E-state index contributed by atoms with van der Waals surface area (Å²) >= 11 is 0. The molecule has 1 aliphatic carbocycles. The fraction of sp³-hybridized carbons (Fsp3) is 0.444. The Morgan fingerprint density at radius 2 is 2.00 bits per heavy atom. The number of ether oxygens (including phenoxy) is 1. The van der Waals surface area contributed by atoms with Gasteiger partial charge in [-0.1, -0.05) is 18.2 Å². The number of H-pyrrole nitrogens is 1. The number of aryl methyl sites for hydroxylation is 1. The first-order chi connectivity index (χ1) is 17.1. The molecular weight excluding hydrogens is 442 g/mol. The number of nitrogens with zero attached hydrogens (tertiary/aromatic N) is 3. The number of methoxy groups -OCH3 is 1. The Balaban J connectivity index is 1.04. The van der Waals surface area contributed by atoms with Crippen molar-refractivity contribution in [2.45, 2.75) is 50.1 Å². The predicted molar refractivity (Wildman–Crippen MR) is 135 cm³/mol. The fourth-order valence-electron chi connectivity index (χ4n) is 6.12. The van der Waals surface area contributed by atoms with Crippen LogP contribution in [-0.4, -0.2) is 59.0 Å². The molecule has 0 unspecified atom stereocenters. The second-order valence-electron chi connectivity index (χ2n) is 9.93. The lowest BCUT2D eigenvalue weighted by Crippen LogP contribution is -2.44. The van der Waals surface area contributed by atoms with Gasteiger partial charge < -0.3 is 15.0 Å². The van der Waals surface area contributed by atoms with Gasteiger partial charge in [0.15, 0.2) is 0 Å². The van der Waals surface area contributed by atoms with Crippen molar-refractivity contribution in [2.75, 3.05) is 26.7 Å². The summed E-state index contributed by atoms with van der Waals surface area (Å²) in [5.74, 6) is 2.05. The normalized spacial score (nSPS) is 22.5. The lowest BCUT2D eigenvalue weighted by Gasteiger charge is -2.32. The molecule has 2 N–H and O–H groups in total. The second-order valence-corrected chi connectivity index (χ2v) is 9.93. The highest BCUT2D eigenvalue weighted by Crippen LogP contribution is 2.40. The van der Waals surface area contributed by atoms with E-state index in [2.05, 4.69) is 27.3 Å². The van der Waals surface area contributed by atoms with Crippen LogP contribution in [0.15, 0.2) is 52.3 Å². The Morgan fingerprint density at radius 3 is 2.83 bits per heavy atom. The first-order valence-electron chi connectivity index (χ1n) is 12.5. The number of imidazole rings is 1. The Morgan fingerprint density at radius 1 is 1.17 bits per heavy atom. The molecule has 35 heavy (non-hydrogen) atoms. The second kappa shape index (κ2) is 9.00. The molecule has 0 saturated carbocycles. The molecule has 2 aliphatic heterocycles. The largest absolute Gasteiger partial charge is 0.497 e. The highest BCUT2D eigenvalue weighted by Gasteiger charge is 2.36. The Bertz CT molecular complexity index is 1350. The number of rotatable bonds is 4. The minimum Gasteiger partial charge on any atom is -0.497 e. The zero-order valence-corrected chi connectivity index (χ0v) is 20.0. The Hall–Kier alpha value is -3.39. The molecule has 1 aromatic heterocycles. The lowest BCUT2D eigenvalue weighted by atomic mass is 9.79. The molecule has 2 aromatic carbocycles. The molecular formula is C27H31N5O3. The molecule has 1 saturated heterocycles. The van der Waals surface area contributed by atoms with Gasteiger partial charge in [0, 0.05) is 31.5 Å². The summed E-state index contributed by atoms with van der Waals surface area (Å²) in [6.07, 6.45) is 4.47. The van der Waals surface area contributed by atoms with E-state index in [9.17, 15) is 9.59 Å². The smallest absolute Gasteiger partial charge is 0.326 e. The Labute approximate surface area is 204 Å². The average Bonchev–Trinajstić information content (AvgIpc) is 3.43. The number of nitrogens with one attached hydrogen (secondary N) is 2. The number of aromatic amines is 1. The Kier molecular flexibility index (Phi) is 5.68. The van der Waals surface area contributed by atoms with Gasteiger partial charge in [0.2, 0.25) is 5.91 Å². The van der Waals surface area contributed by atoms with Crippen molar-refractivity contribution in [3.8, 4) is 5.75 Å². The molecule has 1 amide bonds. The van der Waals surface area contributed by atoms with Crippen LogP contribution >= 0.6 is 0 Å². The van der Waals surface area contributed by atoms with E-state index in [1.807, 2.05) is 34.9 Å². The molecule has 8 nitrogen and oxygen atoms in total. The molecule has 0 bridgehead atoms. The number of aromatic nitrogens is 2. The first-order valence-corrected chi connectivity index (χ1v) is 12.5. The standard InChI is InChI=1S/C27H31N5O3/c1-35-19-7-8-20-17(14-19)6-9-22-21(20)15-25(28-22)30-26(33)16-31-12-10-18(11-13-31)32-24-5-3-2-4-23(24)29-27(32)34/h2-5,7-8,14,18,21-22H,6,9-13,15-16H2,1H3,(H,29,34)(H,28,30,33)/t21-,22+/m0/s1. The molecule has 3 aliphatic rings. The predicted octanol–water partition coefficient (Wildman–Crippen LogP) is 2.99. The van der Waals surface area contributed by atoms with E-state index in [0.29, 0.717) is 12.5 Å². The van der Waals surface area contributed by atoms with Gasteiger partial charge >= 0.3 is 5.69 Å². The number of fused-ring (bicyclic) bond motifs is 4. The topological polar surface area (TPSA) is 91.7 Å². The number of aliphatic imine (C=N–C) groups is 1. The number of piperidine rings is 1. The van der Waals surface area contributed by atoms with E-state index in [0.717, 1.165) is 67.8 Å². The van der Waals surface area contributed by atoms with E-state index in [-0.39, 0.29) is 23.7 Å². The minimum atomic E-state index is -0.0527. The third kappa shape index (κ3) is 4.16. The number of carbonyl (C=O) groups excluding carboxylic acids is 1. The van der Waals surface area contributed by atoms with E-state index < -0.39 is 0 Å². The van der Waals surface area contributed by atoms with Gasteiger partial charge in [-0.25, -0.2) is 4.79 Å². The monoisotopic (exact) mass is 473 g/mol. The van der Waals surface area contributed by atoms with Gasteiger partial charge in [0.05, 0.1) is 30.7 Å². The highest BCUT2D eigenvalue weighted by atomic mass is 16.5. The van der Waals surface area contributed by atoms with Crippen LogP contribution < -0.4 is 15.7 Å². The van der Waals surface area contributed by atoms with Gasteiger partial charge in [-0.3, -0.25) is 19.3 Å². The summed E-state index contributed by atoms with van der Waals surface area (Å²) in [4.78, 5) is 35.3. The van der Waals surface area contributed by atoms with E-state index in [1.54, 1.807) is 7.11 Å². The number of amidine groups is 1. The molecule has 0 spiro atoms. The maximum atomic E-state index is 12.8. The van der Waals surface area contributed by atoms with E-state index >= 15 is 0 Å². The van der Waals surface area contributed by atoms with Crippen LogP contribution in [0.5, 0.6) is 5.75 Å². The first kappa shape index (κ1) is 22.1. The average molecular weight is 474 g/mol. The summed E-state index contributed by atoms with van der Waals surface area (Å²) in [5, 5.41) is 3.09. The van der Waals surface area contributed by atoms with Crippen LogP contribution in [-0.2, 0) is 11.2 Å². The maximum absolute atomic E-state index is 12.8. The summed E-state index contributed by atoms with van der Waals surface area (Å²) in [5.41, 5.74) is 4.45. The summed E-state index contributed by atoms with van der Waals surface area (Å²) in [7, 11) is 1.70. The van der Waals surface area contributed by atoms with Gasteiger partial charge in [-0.2, -0.15) is 0 Å². The van der Waals surface area contributed by atoms with E-state index in [1.165, 1.54) is 11.1 Å². The number of hydrogen-bond acceptors (Lipinski definition) is 5. The quantitative estimate of drug-likeness (QED) is 0.610. The third-order valence-corrected chi connectivity index (χ3v) is 7.86. The van der Waals surface area contributed by atoms with Crippen molar-refractivity contribution >= 4 is 22.8 Å². The number of carbonyl (C=O) groups is 1. The van der Waals surface area contributed by atoms with Crippen LogP contribution in [0, 0.1) is 0 Å². The number of para-hydroxylation sites is 2. The summed E-state index contributed by atoms with van der Waals surface area (Å²) in [6, 6.07) is 14.5. The molecule has 0 radical (unpaired) electrons. The van der Waals surface area contributed by atoms with Crippen molar-refractivity contribution in [3.63, 3.8) is 0 Å². The van der Waals surface area contributed by atoms with Crippen LogP contribution in [0.1, 0.15) is 48.8 Å². The summed E-state index contributed by atoms with van der Waals surface area (Å²) < 4.78 is 7.27. The summed E-state index contributed by atoms with van der Waals surface area (Å²) in [6.45, 7) is 1.94. The number of likely N-dealkylation sites (tertiary alicyclic amines) is 1. The zero-order valence-electron chi connectivity index (χ0n) is 20.0. The maximum Gasteiger partial charge on any atom is 0.326 e. The van der Waals surface area contributed by atoms with Crippen LogP contribution in [0.2, 0.25) is 0 Å². The van der Waals surface area contributed by atoms with Crippen LogP contribution in [0.4, 0.5) is 0 Å². The zero-order chi connectivity index (χ0) is 23.9. The molecule has 182 valence electrons. The minimum absolute atomic E-state index is 0.0000579. The van der Waals surface area contributed by atoms with Crippen LogP contribution in [0.25, 0.3) is 11.0 Å². The van der Waals surface area contributed by atoms with Gasteiger partial charge in [-0.15, -0.1) is 0 Å². The van der Waals surface area contributed by atoms with Gasteiger partial charge in [0.1, 0.15) is 11.6 Å². The molecule has 3 heterocycles. The van der Waals surface area contributed by atoms with E-state index in [4.69, 9.17) is 9.73 Å². The van der Waals surface area contributed by atoms with Crippen molar-refractivity contribution in [2.24, 2.45) is 4.99 Å². The number of hydrogen-bond donors (Lipinski definition) is 2. The van der Waals surface area contributed by atoms with Crippen molar-refractivity contribution in [3.05, 3.63) is 64.1 Å². The molecule has 3 aromatic rings. The highest BCUT2D eigenvalue weighted by molar-refractivity contribution is 6.00. The lowest BCUT2D eigenvalue weighted by molar-refractivity contribution is -0.121. The molecule has 1 fully saturated rings. The third-order valence-electron chi connectivity index (χ3n) is 7.86. The number of amides is 1. The molecule has 6 rings (SSSR count). The van der Waals surface area contributed by atoms with Crippen molar-refractivity contribution < 1.29 is 9.53 Å². The van der Waals surface area contributed by atoms with Crippen molar-refractivity contribution in [1.82, 2.24) is 19.8 Å². The molecule has 2 atom stereocenters. The van der Waals surface area contributed by atoms with Crippen molar-refractivity contribution in [1.29, 1.82) is 0 Å².